The van der Waals surface area contributed by atoms with E-state index >= 15 is 0 Å². The van der Waals surface area contributed by atoms with Crippen LogP contribution in [-0.4, -0.2) is 92.5 Å². The number of fused-ring (bicyclic) bond motifs is 1. The standard InChI is InChI=1S/C32H37FN6O3/c1-21(40)37-14-10-26(11-15-37)34-30-18-27(35-31(36-30)23-7-4-8-25(33)17-23)32(42)39-16-12-28(29(41)20-39)38-13-9-22-5-2-3-6-24(22)19-38/h2-8,17-18,26,28-29,41H,9-16,19-20H2,1H3,(H,34,35,36)/t28-,29-/m1/s1. The molecule has 2 fully saturated rings. The number of nitrogens with one attached hydrogen (secondary N) is 1. The number of piperidine rings is 2. The van der Waals surface area contributed by atoms with Crippen molar-refractivity contribution in [3.8, 4) is 11.4 Å². The Balaban J connectivity index is 1.18. The quantitative estimate of drug-likeness (QED) is 0.484. The number of halogens is 1. The minimum absolute atomic E-state index is 0.0197. The van der Waals surface area contributed by atoms with Gasteiger partial charge in [-0.05, 0) is 48.9 Å². The number of likely N-dealkylation sites (tertiary alicyclic amines) is 2. The molecule has 2 aromatic carbocycles. The molecule has 1 aromatic heterocycles. The molecule has 0 radical (unpaired) electrons. The first kappa shape index (κ1) is 28.2. The number of hydrogen-bond donors (Lipinski definition) is 2. The van der Waals surface area contributed by atoms with Crippen LogP contribution in [0, 0.1) is 5.82 Å². The van der Waals surface area contributed by atoms with E-state index in [4.69, 9.17) is 0 Å². The number of hydrogen-bond acceptors (Lipinski definition) is 7. The number of aliphatic hydroxyl groups is 1. The summed E-state index contributed by atoms with van der Waals surface area (Å²) in [4.78, 5) is 40.5. The molecule has 0 bridgehead atoms. The number of anilines is 1. The second-order valence-corrected chi connectivity index (χ2v) is 11.6. The highest BCUT2D eigenvalue weighted by molar-refractivity contribution is 5.93. The molecule has 42 heavy (non-hydrogen) atoms. The minimum atomic E-state index is -0.679. The number of nitrogens with zero attached hydrogens (tertiary/aromatic N) is 5. The number of benzene rings is 2. The third-order valence-electron chi connectivity index (χ3n) is 8.78. The van der Waals surface area contributed by atoms with E-state index in [2.05, 4.69) is 44.5 Å². The lowest BCUT2D eigenvalue weighted by Crippen LogP contribution is -2.56. The van der Waals surface area contributed by atoms with Crippen molar-refractivity contribution in [2.24, 2.45) is 0 Å². The Morgan fingerprint density at radius 1 is 0.929 bits per heavy atom. The molecule has 10 heteroatoms. The van der Waals surface area contributed by atoms with Crippen LogP contribution >= 0.6 is 0 Å². The molecule has 3 aromatic rings. The molecule has 6 rings (SSSR count). The van der Waals surface area contributed by atoms with Gasteiger partial charge in [0.25, 0.3) is 5.91 Å². The number of amides is 2. The lowest BCUT2D eigenvalue weighted by molar-refractivity contribution is -0.129. The van der Waals surface area contributed by atoms with Crippen molar-refractivity contribution < 1.29 is 19.1 Å². The van der Waals surface area contributed by atoms with E-state index < -0.39 is 11.9 Å². The zero-order valence-electron chi connectivity index (χ0n) is 23.9. The van der Waals surface area contributed by atoms with Crippen molar-refractivity contribution in [2.75, 3.05) is 38.0 Å². The lowest BCUT2D eigenvalue weighted by Gasteiger charge is -2.43. The number of carbonyl (C=O) groups is 2. The van der Waals surface area contributed by atoms with Crippen molar-refractivity contribution in [3.63, 3.8) is 0 Å². The van der Waals surface area contributed by atoms with Gasteiger partial charge in [0.05, 0.1) is 6.10 Å². The number of aliphatic hydroxyl groups excluding tert-OH is 1. The zero-order chi connectivity index (χ0) is 29.2. The molecule has 2 saturated heterocycles. The third kappa shape index (κ3) is 6.15. The van der Waals surface area contributed by atoms with Gasteiger partial charge < -0.3 is 20.2 Å². The Kier molecular flexibility index (Phi) is 8.17. The molecule has 0 unspecified atom stereocenters. The zero-order valence-corrected chi connectivity index (χ0v) is 23.9. The monoisotopic (exact) mass is 572 g/mol. The van der Waals surface area contributed by atoms with E-state index in [-0.39, 0.29) is 42.0 Å². The Morgan fingerprint density at radius 3 is 2.43 bits per heavy atom. The van der Waals surface area contributed by atoms with Gasteiger partial charge in [0, 0.05) is 69.9 Å². The Morgan fingerprint density at radius 2 is 1.69 bits per heavy atom. The van der Waals surface area contributed by atoms with Gasteiger partial charge in [0.2, 0.25) is 5.91 Å². The van der Waals surface area contributed by atoms with Crippen LogP contribution in [0.3, 0.4) is 0 Å². The summed E-state index contributed by atoms with van der Waals surface area (Å²) in [6.45, 7) is 5.28. The van der Waals surface area contributed by atoms with Gasteiger partial charge >= 0.3 is 0 Å². The normalized spacial score (nSPS) is 21.6. The maximum atomic E-state index is 14.1. The molecule has 2 atom stereocenters. The van der Waals surface area contributed by atoms with Gasteiger partial charge in [-0.3, -0.25) is 14.5 Å². The summed E-state index contributed by atoms with van der Waals surface area (Å²) in [5.74, 6) is 0.103. The van der Waals surface area contributed by atoms with Crippen molar-refractivity contribution in [1.82, 2.24) is 24.7 Å². The first-order chi connectivity index (χ1) is 20.3. The van der Waals surface area contributed by atoms with E-state index in [0.717, 1.165) is 32.4 Å². The van der Waals surface area contributed by atoms with E-state index in [1.165, 1.54) is 23.3 Å². The summed E-state index contributed by atoms with van der Waals surface area (Å²) in [5.41, 5.74) is 3.34. The van der Waals surface area contributed by atoms with Crippen LogP contribution in [0.5, 0.6) is 0 Å². The molecule has 0 saturated carbocycles. The highest BCUT2D eigenvalue weighted by Gasteiger charge is 2.36. The van der Waals surface area contributed by atoms with Crippen LogP contribution in [0.25, 0.3) is 11.4 Å². The van der Waals surface area contributed by atoms with Crippen LogP contribution in [0.2, 0.25) is 0 Å². The molecule has 2 amide bonds. The Bertz CT molecular complexity index is 1460. The smallest absolute Gasteiger partial charge is 0.272 e. The Labute approximate surface area is 245 Å². The van der Waals surface area contributed by atoms with Gasteiger partial charge in [-0.1, -0.05) is 36.4 Å². The topological polar surface area (TPSA) is 102 Å². The molecule has 3 aliphatic rings. The molecular weight excluding hydrogens is 535 g/mol. The van der Waals surface area contributed by atoms with Gasteiger partial charge in [-0.15, -0.1) is 0 Å². The lowest BCUT2D eigenvalue weighted by atomic mass is 9.94. The predicted molar refractivity (Wildman–Crippen MR) is 157 cm³/mol. The minimum Gasteiger partial charge on any atom is -0.390 e. The summed E-state index contributed by atoms with van der Waals surface area (Å²) in [7, 11) is 0. The molecule has 2 N–H and O–H groups in total. The molecule has 0 aliphatic carbocycles. The maximum absolute atomic E-state index is 14.1. The average molecular weight is 573 g/mol. The Hall–Kier alpha value is -3.89. The first-order valence-corrected chi connectivity index (χ1v) is 14.8. The predicted octanol–water partition coefficient (Wildman–Crippen LogP) is 3.34. The summed E-state index contributed by atoms with van der Waals surface area (Å²) in [6, 6.07) is 16.1. The first-order valence-electron chi connectivity index (χ1n) is 14.8. The summed E-state index contributed by atoms with van der Waals surface area (Å²) >= 11 is 0. The second-order valence-electron chi connectivity index (χ2n) is 11.6. The van der Waals surface area contributed by atoms with Gasteiger partial charge in [0.15, 0.2) is 5.82 Å². The van der Waals surface area contributed by atoms with Crippen LogP contribution < -0.4 is 5.32 Å². The fourth-order valence-corrected chi connectivity index (χ4v) is 6.43. The highest BCUT2D eigenvalue weighted by Crippen LogP contribution is 2.27. The summed E-state index contributed by atoms with van der Waals surface area (Å²) in [5, 5.41) is 14.6. The SMILES string of the molecule is CC(=O)N1CCC(Nc2cc(C(=O)N3CC[C@@H](N4CCc5ccccc5C4)[C@H](O)C3)nc(-c3cccc(F)c3)n2)CC1. The summed E-state index contributed by atoms with van der Waals surface area (Å²) in [6.07, 6.45) is 2.44. The third-order valence-corrected chi connectivity index (χ3v) is 8.78. The van der Waals surface area contributed by atoms with Crippen LogP contribution in [-0.2, 0) is 17.8 Å². The molecule has 0 spiro atoms. The fraction of sp³-hybridized carbons (Fsp3) is 0.438. The van der Waals surface area contributed by atoms with Crippen molar-refractivity contribution in [3.05, 3.63) is 77.2 Å². The average Bonchev–Trinajstić information content (AvgIpc) is 3.00. The van der Waals surface area contributed by atoms with Gasteiger partial charge in [-0.2, -0.15) is 0 Å². The van der Waals surface area contributed by atoms with Crippen LogP contribution in [0.15, 0.2) is 54.6 Å². The largest absolute Gasteiger partial charge is 0.390 e. The van der Waals surface area contributed by atoms with E-state index in [0.29, 0.717) is 37.4 Å². The van der Waals surface area contributed by atoms with Crippen molar-refractivity contribution in [1.29, 1.82) is 0 Å². The molecule has 3 aliphatic heterocycles. The van der Waals surface area contributed by atoms with E-state index in [1.807, 2.05) is 4.90 Å². The fourth-order valence-electron chi connectivity index (χ4n) is 6.43. The second kappa shape index (κ2) is 12.1. The van der Waals surface area contributed by atoms with Gasteiger partial charge in [-0.25, -0.2) is 14.4 Å². The number of rotatable bonds is 5. The van der Waals surface area contributed by atoms with Crippen molar-refractivity contribution >= 4 is 17.6 Å². The van der Waals surface area contributed by atoms with Gasteiger partial charge in [0.1, 0.15) is 17.3 Å². The van der Waals surface area contributed by atoms with E-state index in [9.17, 15) is 19.1 Å². The van der Waals surface area contributed by atoms with E-state index in [1.54, 1.807) is 30.0 Å². The molecule has 220 valence electrons. The molecule has 9 nitrogen and oxygen atoms in total. The summed E-state index contributed by atoms with van der Waals surface area (Å²) < 4.78 is 14.1. The molecular formula is C32H37FN6O3. The number of β-amino-alcohol motifs (C(OH)–C–C–N with tert-alkyl or cyclic N) is 1. The number of carbonyl (C=O) groups excluding carboxylic acids is 2. The highest BCUT2D eigenvalue weighted by atomic mass is 19.1. The maximum Gasteiger partial charge on any atom is 0.272 e. The number of aromatic nitrogens is 2. The van der Waals surface area contributed by atoms with Crippen molar-refractivity contribution in [2.45, 2.75) is 57.3 Å². The van der Waals surface area contributed by atoms with Crippen LogP contribution in [0.1, 0.15) is 47.8 Å². The van der Waals surface area contributed by atoms with Crippen LogP contribution in [0.4, 0.5) is 10.2 Å². The molecule has 4 heterocycles.